The lowest BCUT2D eigenvalue weighted by Gasteiger charge is -2.17. The van der Waals surface area contributed by atoms with Crippen LogP contribution in [-0.4, -0.2) is 20.7 Å². The van der Waals surface area contributed by atoms with Gasteiger partial charge in [-0.25, -0.2) is 0 Å². The van der Waals surface area contributed by atoms with Crippen LogP contribution in [0.15, 0.2) is 30.5 Å². The molecular weight excluding hydrogens is 296 g/mol. The molecule has 2 aromatic rings. The molecule has 1 unspecified atom stereocenters. The van der Waals surface area contributed by atoms with E-state index in [2.05, 4.69) is 15.7 Å². The highest BCUT2D eigenvalue weighted by atomic mass is 32.1. The van der Waals surface area contributed by atoms with Gasteiger partial charge in [-0.3, -0.25) is 9.48 Å². The standard InChI is InChI=1S/C16H20N4OS/c1-10(15-9-20(4)19-11(15)2)17-16(22)18-14-7-5-6-13(8-14)12(3)21/h5-10H,1-4H3,(H2,17,18,22). The Morgan fingerprint density at radius 2 is 2.14 bits per heavy atom. The lowest BCUT2D eigenvalue weighted by molar-refractivity contribution is 0.101. The van der Waals surface area contributed by atoms with Gasteiger partial charge in [-0.1, -0.05) is 12.1 Å². The van der Waals surface area contributed by atoms with E-state index in [0.717, 1.165) is 16.9 Å². The molecule has 0 fully saturated rings. The van der Waals surface area contributed by atoms with Crippen molar-refractivity contribution >= 4 is 28.8 Å². The number of hydrogen-bond donors (Lipinski definition) is 2. The number of nitrogens with zero attached hydrogens (tertiary/aromatic N) is 2. The zero-order chi connectivity index (χ0) is 16.3. The molecule has 22 heavy (non-hydrogen) atoms. The lowest BCUT2D eigenvalue weighted by Crippen LogP contribution is -2.31. The molecule has 0 aliphatic carbocycles. The molecule has 116 valence electrons. The Bertz CT molecular complexity index is 708. The average Bonchev–Trinajstić information content (AvgIpc) is 2.77. The minimum Gasteiger partial charge on any atom is -0.356 e. The Morgan fingerprint density at radius 3 is 2.73 bits per heavy atom. The van der Waals surface area contributed by atoms with Crippen LogP contribution in [-0.2, 0) is 7.05 Å². The Kier molecular flexibility index (Phi) is 4.92. The molecule has 0 saturated carbocycles. The van der Waals surface area contributed by atoms with E-state index >= 15 is 0 Å². The van der Waals surface area contributed by atoms with Gasteiger partial charge in [-0.05, 0) is 45.1 Å². The molecule has 0 aliphatic heterocycles. The van der Waals surface area contributed by atoms with Crippen molar-refractivity contribution in [2.75, 3.05) is 5.32 Å². The molecule has 1 atom stereocenters. The number of aryl methyl sites for hydroxylation is 2. The summed E-state index contributed by atoms with van der Waals surface area (Å²) in [5, 5.41) is 11.2. The predicted octanol–water partition coefficient (Wildman–Crippen LogP) is 2.98. The molecule has 1 aromatic heterocycles. The van der Waals surface area contributed by atoms with Crippen LogP contribution in [0.1, 0.15) is 41.5 Å². The monoisotopic (exact) mass is 316 g/mol. The maximum Gasteiger partial charge on any atom is 0.171 e. The van der Waals surface area contributed by atoms with Crippen LogP contribution in [0.2, 0.25) is 0 Å². The number of rotatable bonds is 4. The molecule has 0 bridgehead atoms. The van der Waals surface area contributed by atoms with Crippen molar-refractivity contribution in [3.05, 3.63) is 47.3 Å². The first-order valence-electron chi connectivity index (χ1n) is 7.05. The van der Waals surface area contributed by atoms with Crippen LogP contribution < -0.4 is 10.6 Å². The van der Waals surface area contributed by atoms with Crippen LogP contribution in [0.3, 0.4) is 0 Å². The van der Waals surface area contributed by atoms with Crippen LogP contribution in [0.25, 0.3) is 0 Å². The molecule has 0 aliphatic rings. The smallest absolute Gasteiger partial charge is 0.171 e. The minimum atomic E-state index is 0.0295. The van der Waals surface area contributed by atoms with E-state index in [0.29, 0.717) is 10.7 Å². The Morgan fingerprint density at radius 1 is 1.41 bits per heavy atom. The topological polar surface area (TPSA) is 59.0 Å². The van der Waals surface area contributed by atoms with E-state index in [1.54, 1.807) is 23.7 Å². The van der Waals surface area contributed by atoms with Gasteiger partial charge >= 0.3 is 0 Å². The fourth-order valence-corrected chi connectivity index (χ4v) is 2.60. The van der Waals surface area contributed by atoms with Gasteiger partial charge in [0.2, 0.25) is 0 Å². The Hall–Kier alpha value is -2.21. The van der Waals surface area contributed by atoms with Crippen molar-refractivity contribution in [1.82, 2.24) is 15.1 Å². The summed E-state index contributed by atoms with van der Waals surface area (Å²) in [5.41, 5.74) is 3.53. The zero-order valence-corrected chi connectivity index (χ0v) is 14.0. The summed E-state index contributed by atoms with van der Waals surface area (Å²) in [5.74, 6) is 0.0295. The van der Waals surface area contributed by atoms with Crippen LogP contribution in [0.5, 0.6) is 0 Å². The van der Waals surface area contributed by atoms with Crippen molar-refractivity contribution in [3.63, 3.8) is 0 Å². The number of Topliss-reactive ketones (excluding diaryl/α,β-unsaturated/α-hetero) is 1. The summed E-state index contributed by atoms with van der Waals surface area (Å²) in [4.78, 5) is 11.4. The Labute approximate surface area is 135 Å². The van der Waals surface area contributed by atoms with E-state index in [1.165, 1.54) is 0 Å². The van der Waals surface area contributed by atoms with Gasteiger partial charge in [0.25, 0.3) is 0 Å². The number of benzene rings is 1. The van der Waals surface area contributed by atoms with Gasteiger partial charge in [0, 0.05) is 30.1 Å². The highest BCUT2D eigenvalue weighted by Crippen LogP contribution is 2.16. The molecule has 0 saturated heterocycles. The minimum absolute atomic E-state index is 0.0295. The average molecular weight is 316 g/mol. The van der Waals surface area contributed by atoms with Crippen molar-refractivity contribution in [3.8, 4) is 0 Å². The van der Waals surface area contributed by atoms with Gasteiger partial charge in [-0.15, -0.1) is 0 Å². The quantitative estimate of drug-likeness (QED) is 0.671. The second-order valence-electron chi connectivity index (χ2n) is 5.30. The van der Waals surface area contributed by atoms with Crippen LogP contribution in [0, 0.1) is 6.92 Å². The van der Waals surface area contributed by atoms with Crippen molar-refractivity contribution in [2.45, 2.75) is 26.8 Å². The summed E-state index contributed by atoms with van der Waals surface area (Å²) in [6.45, 7) is 5.55. The number of carbonyl (C=O) groups is 1. The van der Waals surface area contributed by atoms with Gasteiger partial charge in [0.05, 0.1) is 11.7 Å². The predicted molar refractivity (Wildman–Crippen MR) is 92.2 cm³/mol. The van der Waals surface area contributed by atoms with Gasteiger partial charge in [-0.2, -0.15) is 5.10 Å². The van der Waals surface area contributed by atoms with E-state index in [4.69, 9.17) is 12.2 Å². The van der Waals surface area contributed by atoms with E-state index in [9.17, 15) is 4.79 Å². The second kappa shape index (κ2) is 6.70. The number of aromatic nitrogens is 2. The van der Waals surface area contributed by atoms with E-state index < -0.39 is 0 Å². The number of hydrogen-bond acceptors (Lipinski definition) is 3. The third kappa shape index (κ3) is 3.92. The molecule has 2 rings (SSSR count). The summed E-state index contributed by atoms with van der Waals surface area (Å²) in [6.07, 6.45) is 1.98. The van der Waals surface area contributed by atoms with Gasteiger partial charge in [0.1, 0.15) is 0 Å². The molecule has 1 aromatic carbocycles. The first kappa shape index (κ1) is 16.2. The Balaban J connectivity index is 2.02. The third-order valence-electron chi connectivity index (χ3n) is 3.39. The number of anilines is 1. The zero-order valence-electron chi connectivity index (χ0n) is 13.2. The van der Waals surface area contributed by atoms with Crippen molar-refractivity contribution in [2.24, 2.45) is 7.05 Å². The first-order chi connectivity index (χ1) is 10.4. The van der Waals surface area contributed by atoms with Crippen molar-refractivity contribution in [1.29, 1.82) is 0 Å². The van der Waals surface area contributed by atoms with Crippen LogP contribution in [0.4, 0.5) is 5.69 Å². The fourth-order valence-electron chi connectivity index (χ4n) is 2.30. The maximum atomic E-state index is 11.4. The second-order valence-corrected chi connectivity index (χ2v) is 5.71. The number of carbonyl (C=O) groups excluding carboxylic acids is 1. The van der Waals surface area contributed by atoms with E-state index in [-0.39, 0.29) is 11.8 Å². The number of thiocarbonyl (C=S) groups is 1. The fraction of sp³-hybridized carbons (Fsp3) is 0.312. The molecule has 0 amide bonds. The lowest BCUT2D eigenvalue weighted by atomic mass is 10.1. The normalized spacial score (nSPS) is 11.8. The maximum absolute atomic E-state index is 11.4. The highest BCUT2D eigenvalue weighted by Gasteiger charge is 2.12. The molecular formula is C16H20N4OS. The molecule has 5 nitrogen and oxygen atoms in total. The number of ketones is 1. The molecule has 1 heterocycles. The summed E-state index contributed by atoms with van der Waals surface area (Å²) in [6, 6.07) is 7.32. The molecule has 0 radical (unpaired) electrons. The highest BCUT2D eigenvalue weighted by molar-refractivity contribution is 7.80. The van der Waals surface area contributed by atoms with Gasteiger partial charge < -0.3 is 10.6 Å². The molecule has 2 N–H and O–H groups in total. The molecule has 6 heteroatoms. The third-order valence-corrected chi connectivity index (χ3v) is 3.61. The summed E-state index contributed by atoms with van der Waals surface area (Å²) >= 11 is 5.34. The van der Waals surface area contributed by atoms with Gasteiger partial charge in [0.15, 0.2) is 10.9 Å². The van der Waals surface area contributed by atoms with Crippen molar-refractivity contribution < 1.29 is 4.79 Å². The van der Waals surface area contributed by atoms with E-state index in [1.807, 2.05) is 39.2 Å². The summed E-state index contributed by atoms with van der Waals surface area (Å²) in [7, 11) is 1.90. The largest absolute Gasteiger partial charge is 0.356 e. The molecule has 0 spiro atoms. The first-order valence-corrected chi connectivity index (χ1v) is 7.46. The number of nitrogens with one attached hydrogen (secondary N) is 2. The SMILES string of the molecule is CC(=O)c1cccc(NC(=S)NC(C)c2cn(C)nc2C)c1. The van der Waals surface area contributed by atoms with Crippen LogP contribution >= 0.6 is 12.2 Å². The summed E-state index contributed by atoms with van der Waals surface area (Å²) < 4.78 is 1.79.